The van der Waals surface area contributed by atoms with E-state index in [1.54, 1.807) is 0 Å². The summed E-state index contributed by atoms with van der Waals surface area (Å²) in [5.41, 5.74) is 7.25. The number of fused-ring (bicyclic) bond motifs is 2. The van der Waals surface area contributed by atoms with Gasteiger partial charge >= 0.3 is 0 Å². The molecule has 1 saturated carbocycles. The molecular weight excluding hydrogens is 416 g/mol. The first-order chi connectivity index (χ1) is 16.4. The summed E-state index contributed by atoms with van der Waals surface area (Å²) in [6.45, 7) is 10.5. The minimum Gasteiger partial charge on any atom is -0.376 e. The van der Waals surface area contributed by atoms with Crippen LogP contribution in [-0.2, 0) is 9.53 Å². The van der Waals surface area contributed by atoms with E-state index in [9.17, 15) is 4.79 Å². The van der Waals surface area contributed by atoms with Crippen molar-refractivity contribution in [3.05, 3.63) is 107 Å². The maximum absolute atomic E-state index is 12.9. The SMILES string of the molecule is C=C1C=C(C(=O)CCC2=CC3C=C(COCC4CCC(C)(C)C4)C=CC3=C2)C=C2C=CC=CC12. The van der Waals surface area contributed by atoms with E-state index >= 15 is 0 Å². The molecule has 0 aromatic heterocycles. The van der Waals surface area contributed by atoms with E-state index in [4.69, 9.17) is 4.74 Å². The van der Waals surface area contributed by atoms with Crippen molar-refractivity contribution in [1.82, 2.24) is 0 Å². The molecule has 0 aromatic carbocycles. The van der Waals surface area contributed by atoms with Crippen molar-refractivity contribution in [2.75, 3.05) is 13.2 Å². The lowest BCUT2D eigenvalue weighted by Crippen LogP contribution is -2.12. The molecule has 2 nitrogen and oxygen atoms in total. The van der Waals surface area contributed by atoms with Crippen LogP contribution < -0.4 is 0 Å². The Balaban J connectivity index is 1.12. The molecule has 0 saturated heterocycles. The Morgan fingerprint density at radius 3 is 2.74 bits per heavy atom. The first-order valence-electron chi connectivity index (χ1n) is 12.8. The molecule has 3 atom stereocenters. The van der Waals surface area contributed by atoms with Crippen molar-refractivity contribution < 1.29 is 9.53 Å². The van der Waals surface area contributed by atoms with E-state index in [2.05, 4.69) is 63.0 Å². The van der Waals surface area contributed by atoms with Crippen LogP contribution in [0, 0.1) is 23.2 Å². The lowest BCUT2D eigenvalue weighted by Gasteiger charge is -2.22. The van der Waals surface area contributed by atoms with Gasteiger partial charge in [-0.2, -0.15) is 0 Å². The third kappa shape index (κ3) is 5.18. The Bertz CT molecular complexity index is 1130. The summed E-state index contributed by atoms with van der Waals surface area (Å²) in [4.78, 5) is 12.9. The highest BCUT2D eigenvalue weighted by atomic mass is 16.5. The number of ether oxygens (including phenoxy) is 1. The van der Waals surface area contributed by atoms with Crippen LogP contribution in [0.25, 0.3) is 0 Å². The van der Waals surface area contributed by atoms with Gasteiger partial charge in [0.1, 0.15) is 0 Å². The number of carbonyl (C=O) groups excluding carboxylic acids is 1. The number of rotatable bonds is 8. The predicted octanol–water partition coefficient (Wildman–Crippen LogP) is 7.32. The van der Waals surface area contributed by atoms with Gasteiger partial charge in [-0.25, -0.2) is 0 Å². The monoisotopic (exact) mass is 452 g/mol. The van der Waals surface area contributed by atoms with Crippen molar-refractivity contribution in [2.45, 2.75) is 46.0 Å². The Kier molecular flexibility index (Phi) is 6.44. The maximum atomic E-state index is 12.9. The lowest BCUT2D eigenvalue weighted by atomic mass is 9.81. The third-order valence-electron chi connectivity index (χ3n) is 7.79. The molecule has 34 heavy (non-hydrogen) atoms. The highest BCUT2D eigenvalue weighted by molar-refractivity contribution is 5.99. The Hall–Kier alpha value is -2.71. The van der Waals surface area contributed by atoms with Crippen molar-refractivity contribution in [2.24, 2.45) is 23.2 Å². The summed E-state index contributed by atoms with van der Waals surface area (Å²) in [5, 5.41) is 0. The van der Waals surface area contributed by atoms with Gasteiger partial charge in [-0.1, -0.05) is 80.7 Å². The Labute approximate surface area is 204 Å². The Morgan fingerprint density at radius 1 is 1.06 bits per heavy atom. The number of carbonyl (C=O) groups is 1. The number of allylic oxidation sites excluding steroid dienone is 15. The van der Waals surface area contributed by atoms with Crippen LogP contribution in [-0.4, -0.2) is 19.0 Å². The molecular formula is C32H36O2. The average Bonchev–Trinajstić information content (AvgIpc) is 3.39. The van der Waals surface area contributed by atoms with E-state index in [1.165, 1.54) is 36.0 Å². The zero-order valence-corrected chi connectivity index (χ0v) is 20.6. The molecule has 0 radical (unpaired) electrons. The highest BCUT2D eigenvalue weighted by Gasteiger charge is 2.31. The van der Waals surface area contributed by atoms with Gasteiger partial charge < -0.3 is 4.74 Å². The minimum atomic E-state index is 0.194. The number of ketones is 1. The van der Waals surface area contributed by atoms with Gasteiger partial charge in [0, 0.05) is 30.4 Å². The van der Waals surface area contributed by atoms with E-state index in [0.717, 1.165) is 29.7 Å². The summed E-state index contributed by atoms with van der Waals surface area (Å²) in [7, 11) is 0. The summed E-state index contributed by atoms with van der Waals surface area (Å²) in [5.74, 6) is 1.43. The summed E-state index contributed by atoms with van der Waals surface area (Å²) in [6.07, 6.45) is 28.8. The normalized spacial score (nSPS) is 28.6. The van der Waals surface area contributed by atoms with Crippen molar-refractivity contribution in [3.8, 4) is 0 Å². The van der Waals surface area contributed by atoms with Crippen molar-refractivity contribution in [1.29, 1.82) is 0 Å². The van der Waals surface area contributed by atoms with E-state index < -0.39 is 0 Å². The molecule has 5 aliphatic carbocycles. The van der Waals surface area contributed by atoms with E-state index in [-0.39, 0.29) is 11.7 Å². The summed E-state index contributed by atoms with van der Waals surface area (Å²) < 4.78 is 6.09. The van der Waals surface area contributed by atoms with E-state index in [1.807, 2.05) is 24.3 Å². The van der Waals surface area contributed by atoms with Gasteiger partial charge in [0.2, 0.25) is 0 Å². The lowest BCUT2D eigenvalue weighted by molar-refractivity contribution is -0.115. The number of Topliss-reactive ketones (excluding diaryl/α,β-unsaturated/α-hetero) is 1. The second kappa shape index (κ2) is 9.50. The molecule has 0 heterocycles. The molecule has 0 aromatic rings. The van der Waals surface area contributed by atoms with Gasteiger partial charge in [0.25, 0.3) is 0 Å². The molecule has 0 aliphatic heterocycles. The first kappa shape index (κ1) is 23.1. The standard InChI is InChI=1S/C32H36O2/c1-22-14-29(18-27-6-4-5-7-30(22)27)31(33)11-9-23-15-26-10-8-24(17-28(26)16-23)20-34-21-25-12-13-32(2,3)19-25/h4-8,10,14-18,25,28,30H,1,9,11-13,19-21H2,2-3H3. The largest absolute Gasteiger partial charge is 0.376 e. The van der Waals surface area contributed by atoms with Crippen LogP contribution in [0.4, 0.5) is 0 Å². The summed E-state index contributed by atoms with van der Waals surface area (Å²) in [6, 6.07) is 0. The van der Waals surface area contributed by atoms with Crippen LogP contribution in [0.1, 0.15) is 46.0 Å². The van der Waals surface area contributed by atoms with Crippen molar-refractivity contribution in [3.63, 3.8) is 0 Å². The van der Waals surface area contributed by atoms with Crippen LogP contribution in [0.2, 0.25) is 0 Å². The van der Waals surface area contributed by atoms with Crippen LogP contribution in [0.3, 0.4) is 0 Å². The second-order valence-corrected chi connectivity index (χ2v) is 11.2. The van der Waals surface area contributed by atoms with Crippen molar-refractivity contribution >= 4 is 5.78 Å². The maximum Gasteiger partial charge on any atom is 0.163 e. The van der Waals surface area contributed by atoms with Gasteiger partial charge in [-0.3, -0.25) is 4.79 Å². The van der Waals surface area contributed by atoms with E-state index in [0.29, 0.717) is 30.3 Å². The topological polar surface area (TPSA) is 26.3 Å². The summed E-state index contributed by atoms with van der Waals surface area (Å²) >= 11 is 0. The smallest absolute Gasteiger partial charge is 0.163 e. The second-order valence-electron chi connectivity index (χ2n) is 11.2. The molecule has 176 valence electrons. The van der Waals surface area contributed by atoms with Crippen LogP contribution >= 0.6 is 0 Å². The molecule has 5 aliphatic rings. The minimum absolute atomic E-state index is 0.194. The third-order valence-corrected chi connectivity index (χ3v) is 7.79. The molecule has 3 unspecified atom stereocenters. The molecule has 1 fully saturated rings. The zero-order valence-electron chi connectivity index (χ0n) is 20.6. The first-order valence-corrected chi connectivity index (χ1v) is 12.8. The number of hydrogen-bond donors (Lipinski definition) is 0. The fourth-order valence-corrected chi connectivity index (χ4v) is 5.90. The van der Waals surface area contributed by atoms with Crippen LogP contribution in [0.5, 0.6) is 0 Å². The Morgan fingerprint density at radius 2 is 1.91 bits per heavy atom. The fourth-order valence-electron chi connectivity index (χ4n) is 5.90. The molecule has 0 N–H and O–H groups in total. The average molecular weight is 453 g/mol. The molecule has 0 amide bonds. The molecule has 0 bridgehead atoms. The quantitative estimate of drug-likeness (QED) is 0.386. The number of hydrogen-bond acceptors (Lipinski definition) is 2. The highest BCUT2D eigenvalue weighted by Crippen LogP contribution is 2.41. The fraction of sp³-hybridized carbons (Fsp3) is 0.406. The molecule has 5 rings (SSSR count). The zero-order chi connectivity index (χ0) is 23.7. The van der Waals surface area contributed by atoms with Crippen LogP contribution in [0.15, 0.2) is 107 Å². The van der Waals surface area contributed by atoms with Gasteiger partial charge in [-0.05, 0) is 71.5 Å². The predicted molar refractivity (Wildman–Crippen MR) is 140 cm³/mol. The van der Waals surface area contributed by atoms with Gasteiger partial charge in [-0.15, -0.1) is 0 Å². The molecule has 2 heteroatoms. The molecule has 0 spiro atoms. The van der Waals surface area contributed by atoms with Gasteiger partial charge in [0.15, 0.2) is 5.78 Å². The van der Waals surface area contributed by atoms with Gasteiger partial charge in [0.05, 0.1) is 6.61 Å².